The standard InChI is InChI=1S/C13H15N3O.C3H8/c14-12(7-11-8-15-9-16-11)13(17)6-10-4-2-1-3-5-10;1-3-2/h1-5,8-9,12H,6-7,14H2,(H,15,16);3H2,1-2H3/t12-;/m0./s1. The molecule has 0 saturated carbocycles. The van der Waals surface area contributed by atoms with Crippen LogP contribution in [0.1, 0.15) is 31.5 Å². The summed E-state index contributed by atoms with van der Waals surface area (Å²) in [6.07, 6.45) is 5.42. The number of aromatic amines is 1. The van der Waals surface area contributed by atoms with Crippen molar-refractivity contribution in [3.63, 3.8) is 0 Å². The summed E-state index contributed by atoms with van der Waals surface area (Å²) >= 11 is 0. The number of benzene rings is 1. The molecule has 20 heavy (non-hydrogen) atoms. The molecule has 1 aromatic carbocycles. The van der Waals surface area contributed by atoms with Gasteiger partial charge in [0.2, 0.25) is 0 Å². The number of ketones is 1. The van der Waals surface area contributed by atoms with E-state index < -0.39 is 6.04 Å². The van der Waals surface area contributed by atoms with Gasteiger partial charge in [-0.05, 0) is 5.56 Å². The molecule has 1 atom stereocenters. The lowest BCUT2D eigenvalue weighted by molar-refractivity contribution is -0.119. The zero-order valence-electron chi connectivity index (χ0n) is 12.2. The Labute approximate surface area is 120 Å². The number of hydrogen-bond donors (Lipinski definition) is 2. The predicted octanol–water partition coefficient (Wildman–Crippen LogP) is 2.51. The highest BCUT2D eigenvalue weighted by Crippen LogP contribution is 2.04. The van der Waals surface area contributed by atoms with Crippen LogP contribution in [0.5, 0.6) is 0 Å². The zero-order chi connectivity index (χ0) is 14.8. The minimum absolute atomic E-state index is 0.0470. The van der Waals surface area contributed by atoms with Crippen LogP contribution in [-0.2, 0) is 17.6 Å². The largest absolute Gasteiger partial charge is 0.348 e. The molecule has 3 N–H and O–H groups in total. The molecule has 1 aromatic heterocycles. The third-order valence-electron chi connectivity index (χ3n) is 2.63. The van der Waals surface area contributed by atoms with Crippen molar-refractivity contribution in [2.24, 2.45) is 5.73 Å². The number of H-pyrrole nitrogens is 1. The van der Waals surface area contributed by atoms with Gasteiger partial charge in [0.25, 0.3) is 0 Å². The minimum atomic E-state index is -0.476. The van der Waals surface area contributed by atoms with Crippen LogP contribution in [0.4, 0.5) is 0 Å². The van der Waals surface area contributed by atoms with Crippen molar-refractivity contribution in [2.45, 2.75) is 39.2 Å². The Kier molecular flexibility index (Phi) is 7.29. The summed E-state index contributed by atoms with van der Waals surface area (Å²) in [6.45, 7) is 4.25. The van der Waals surface area contributed by atoms with Crippen molar-refractivity contribution in [3.8, 4) is 0 Å². The summed E-state index contributed by atoms with van der Waals surface area (Å²) in [4.78, 5) is 18.7. The third kappa shape index (κ3) is 5.80. The molecule has 0 fully saturated rings. The Bertz CT molecular complexity index is 480. The molecular formula is C16H23N3O. The van der Waals surface area contributed by atoms with Crippen LogP contribution < -0.4 is 5.73 Å². The van der Waals surface area contributed by atoms with Crippen molar-refractivity contribution in [1.82, 2.24) is 9.97 Å². The van der Waals surface area contributed by atoms with E-state index >= 15 is 0 Å². The van der Waals surface area contributed by atoms with Gasteiger partial charge < -0.3 is 10.7 Å². The van der Waals surface area contributed by atoms with Crippen molar-refractivity contribution in [2.75, 3.05) is 0 Å². The number of nitrogens with one attached hydrogen (secondary N) is 1. The van der Waals surface area contributed by atoms with E-state index in [-0.39, 0.29) is 5.78 Å². The van der Waals surface area contributed by atoms with E-state index in [4.69, 9.17) is 5.73 Å². The number of imidazole rings is 1. The van der Waals surface area contributed by atoms with Gasteiger partial charge in [0.15, 0.2) is 5.78 Å². The quantitative estimate of drug-likeness (QED) is 0.879. The number of carbonyl (C=O) groups is 1. The van der Waals surface area contributed by atoms with Gasteiger partial charge in [-0.25, -0.2) is 4.98 Å². The molecule has 0 bridgehead atoms. The molecule has 0 radical (unpaired) electrons. The SMILES string of the molecule is CCC.N[C@@H](Cc1cnc[nH]1)C(=O)Cc1ccccc1. The van der Waals surface area contributed by atoms with Crippen LogP contribution in [0.3, 0.4) is 0 Å². The van der Waals surface area contributed by atoms with Gasteiger partial charge in [-0.1, -0.05) is 50.6 Å². The number of hydrogen-bond acceptors (Lipinski definition) is 3. The molecular weight excluding hydrogens is 250 g/mol. The molecule has 0 aliphatic carbocycles. The molecule has 0 aliphatic heterocycles. The molecule has 0 spiro atoms. The monoisotopic (exact) mass is 273 g/mol. The van der Waals surface area contributed by atoms with Crippen LogP contribution in [0, 0.1) is 0 Å². The first kappa shape index (κ1) is 16.1. The first-order valence-corrected chi connectivity index (χ1v) is 6.96. The molecule has 0 aliphatic rings. The van der Waals surface area contributed by atoms with Crippen LogP contribution in [0.2, 0.25) is 0 Å². The van der Waals surface area contributed by atoms with Gasteiger partial charge in [0.05, 0.1) is 12.4 Å². The number of Topliss-reactive ketones (excluding diaryl/α,β-unsaturated/α-hetero) is 1. The number of aromatic nitrogens is 2. The second kappa shape index (κ2) is 9.04. The summed E-state index contributed by atoms with van der Waals surface area (Å²) in [5.74, 6) is 0.0470. The summed E-state index contributed by atoms with van der Waals surface area (Å²) in [5.41, 5.74) is 7.74. The van der Waals surface area contributed by atoms with E-state index in [0.717, 1.165) is 11.3 Å². The number of rotatable bonds is 5. The summed E-state index contributed by atoms with van der Waals surface area (Å²) in [5, 5.41) is 0. The van der Waals surface area contributed by atoms with Crippen LogP contribution in [0.15, 0.2) is 42.9 Å². The second-order valence-corrected chi connectivity index (χ2v) is 4.72. The maximum absolute atomic E-state index is 11.9. The van der Waals surface area contributed by atoms with Gasteiger partial charge in [0.1, 0.15) is 0 Å². The van der Waals surface area contributed by atoms with E-state index in [0.29, 0.717) is 12.8 Å². The number of nitrogens with two attached hydrogens (primary N) is 1. The van der Waals surface area contributed by atoms with Crippen molar-refractivity contribution >= 4 is 5.78 Å². The van der Waals surface area contributed by atoms with Gasteiger partial charge in [-0.15, -0.1) is 0 Å². The molecule has 4 nitrogen and oxygen atoms in total. The lowest BCUT2D eigenvalue weighted by atomic mass is 10.0. The molecule has 1 heterocycles. The highest BCUT2D eigenvalue weighted by atomic mass is 16.1. The molecule has 0 saturated heterocycles. The van der Waals surface area contributed by atoms with E-state index in [2.05, 4.69) is 23.8 Å². The van der Waals surface area contributed by atoms with E-state index in [1.807, 2.05) is 30.3 Å². The predicted molar refractivity (Wildman–Crippen MR) is 81.4 cm³/mol. The Morgan fingerprint density at radius 1 is 1.30 bits per heavy atom. The molecule has 108 valence electrons. The summed E-state index contributed by atoms with van der Waals surface area (Å²) < 4.78 is 0. The summed E-state index contributed by atoms with van der Waals surface area (Å²) in [6, 6.07) is 9.15. The van der Waals surface area contributed by atoms with E-state index in [9.17, 15) is 4.79 Å². The number of carbonyl (C=O) groups excluding carboxylic acids is 1. The van der Waals surface area contributed by atoms with Crippen LogP contribution >= 0.6 is 0 Å². The first-order valence-electron chi connectivity index (χ1n) is 6.96. The normalized spacial score (nSPS) is 11.3. The number of nitrogens with zero attached hydrogens (tertiary/aromatic N) is 1. The highest BCUT2D eigenvalue weighted by Gasteiger charge is 2.14. The Morgan fingerprint density at radius 3 is 2.50 bits per heavy atom. The zero-order valence-corrected chi connectivity index (χ0v) is 12.2. The first-order chi connectivity index (χ1) is 9.67. The Hall–Kier alpha value is -1.94. The van der Waals surface area contributed by atoms with Gasteiger partial charge in [-0.3, -0.25) is 4.79 Å². The average Bonchev–Trinajstić information content (AvgIpc) is 2.93. The Morgan fingerprint density at radius 2 is 1.95 bits per heavy atom. The maximum atomic E-state index is 11.9. The third-order valence-corrected chi connectivity index (χ3v) is 2.63. The van der Waals surface area contributed by atoms with Gasteiger partial charge in [-0.2, -0.15) is 0 Å². The smallest absolute Gasteiger partial charge is 0.154 e. The lowest BCUT2D eigenvalue weighted by Crippen LogP contribution is -2.34. The molecule has 2 rings (SSSR count). The fourth-order valence-electron chi connectivity index (χ4n) is 1.68. The molecule has 0 amide bonds. The average molecular weight is 273 g/mol. The lowest BCUT2D eigenvalue weighted by Gasteiger charge is -2.09. The maximum Gasteiger partial charge on any atom is 0.154 e. The summed E-state index contributed by atoms with van der Waals surface area (Å²) in [7, 11) is 0. The molecule has 2 aromatic rings. The van der Waals surface area contributed by atoms with E-state index in [1.165, 1.54) is 6.42 Å². The topological polar surface area (TPSA) is 71.8 Å². The van der Waals surface area contributed by atoms with Crippen molar-refractivity contribution in [3.05, 3.63) is 54.1 Å². The Balaban J connectivity index is 0.000000612. The minimum Gasteiger partial charge on any atom is -0.348 e. The molecule has 4 heteroatoms. The van der Waals surface area contributed by atoms with E-state index in [1.54, 1.807) is 12.5 Å². The fraction of sp³-hybridized carbons (Fsp3) is 0.375. The van der Waals surface area contributed by atoms with Gasteiger partial charge in [0, 0.05) is 24.7 Å². The van der Waals surface area contributed by atoms with Crippen molar-refractivity contribution < 1.29 is 4.79 Å². The second-order valence-electron chi connectivity index (χ2n) is 4.72. The highest BCUT2D eigenvalue weighted by molar-refractivity contribution is 5.86. The molecule has 0 unspecified atom stereocenters. The van der Waals surface area contributed by atoms with Crippen molar-refractivity contribution in [1.29, 1.82) is 0 Å². The van der Waals surface area contributed by atoms with Crippen LogP contribution in [0.25, 0.3) is 0 Å². The van der Waals surface area contributed by atoms with Gasteiger partial charge >= 0.3 is 0 Å². The van der Waals surface area contributed by atoms with Crippen LogP contribution in [-0.4, -0.2) is 21.8 Å². The fourth-order valence-corrected chi connectivity index (χ4v) is 1.68.